The van der Waals surface area contributed by atoms with Crippen LogP contribution in [0.1, 0.15) is 20.3 Å². The average molecular weight is 352 g/mol. The van der Waals surface area contributed by atoms with E-state index in [1.54, 1.807) is 38.1 Å². The van der Waals surface area contributed by atoms with Gasteiger partial charge >= 0.3 is 0 Å². The molecule has 3 rings (SSSR count). The van der Waals surface area contributed by atoms with Gasteiger partial charge < -0.3 is 10.1 Å². The van der Waals surface area contributed by atoms with Gasteiger partial charge in [-0.1, -0.05) is 12.1 Å². The van der Waals surface area contributed by atoms with E-state index in [0.717, 1.165) is 0 Å². The van der Waals surface area contributed by atoms with Crippen LogP contribution in [0.15, 0.2) is 24.3 Å². The maximum absolute atomic E-state index is 12.4. The van der Waals surface area contributed by atoms with E-state index in [2.05, 4.69) is 5.32 Å². The molecule has 0 radical (unpaired) electrons. The third kappa shape index (κ3) is 3.24. The lowest BCUT2D eigenvalue weighted by atomic mass is 10.0. The minimum absolute atomic E-state index is 0.0696. The summed E-state index contributed by atoms with van der Waals surface area (Å²) in [5.41, 5.74) is -0.240. The number of amides is 2. The molecule has 0 aromatic heterocycles. The van der Waals surface area contributed by atoms with Crippen molar-refractivity contribution in [3.05, 3.63) is 24.3 Å². The zero-order chi connectivity index (χ0) is 17.5. The van der Waals surface area contributed by atoms with Crippen molar-refractivity contribution in [3.8, 4) is 5.75 Å². The molecule has 8 heteroatoms. The number of ether oxygens (including phenoxy) is 1. The molecular weight excluding hydrogens is 332 g/mol. The van der Waals surface area contributed by atoms with Gasteiger partial charge in [-0.05, 0) is 32.4 Å². The van der Waals surface area contributed by atoms with Gasteiger partial charge in [0.05, 0.1) is 22.7 Å². The maximum Gasteiger partial charge on any atom is 0.268 e. The van der Waals surface area contributed by atoms with Crippen LogP contribution in [0.5, 0.6) is 5.75 Å². The summed E-state index contributed by atoms with van der Waals surface area (Å²) >= 11 is 0. The number of nitrogens with one attached hydrogen (secondary N) is 1. The Morgan fingerprint density at radius 3 is 2.79 bits per heavy atom. The van der Waals surface area contributed by atoms with Crippen molar-refractivity contribution in [2.75, 3.05) is 23.0 Å². The van der Waals surface area contributed by atoms with Crippen LogP contribution >= 0.6 is 0 Å². The van der Waals surface area contributed by atoms with Crippen LogP contribution in [0, 0.1) is 0 Å². The Balaban J connectivity index is 1.76. The van der Waals surface area contributed by atoms with Gasteiger partial charge in [0.2, 0.25) is 5.91 Å². The smallest absolute Gasteiger partial charge is 0.268 e. The third-order valence-corrected chi connectivity index (χ3v) is 6.22. The van der Waals surface area contributed by atoms with Crippen molar-refractivity contribution >= 4 is 27.3 Å². The van der Waals surface area contributed by atoms with Crippen molar-refractivity contribution in [2.24, 2.45) is 0 Å². The molecule has 2 aliphatic heterocycles. The van der Waals surface area contributed by atoms with E-state index in [4.69, 9.17) is 4.74 Å². The van der Waals surface area contributed by atoms with Crippen LogP contribution in [0.3, 0.4) is 0 Å². The molecule has 0 spiro atoms. The molecule has 1 aromatic rings. The molecule has 130 valence electrons. The summed E-state index contributed by atoms with van der Waals surface area (Å²) in [6.07, 6.45) is -0.291. The quantitative estimate of drug-likeness (QED) is 0.855. The summed E-state index contributed by atoms with van der Waals surface area (Å²) in [6.45, 7) is 3.18. The van der Waals surface area contributed by atoms with Gasteiger partial charge in [-0.15, -0.1) is 0 Å². The molecule has 1 fully saturated rings. The number of benzene rings is 1. The number of nitrogens with zero attached hydrogens (tertiary/aromatic N) is 1. The Morgan fingerprint density at radius 2 is 2.12 bits per heavy atom. The molecule has 1 aromatic carbocycles. The van der Waals surface area contributed by atoms with E-state index in [-0.39, 0.29) is 29.9 Å². The number of rotatable bonds is 3. The molecular formula is C16H20N2O5S. The molecule has 2 atom stereocenters. The fourth-order valence-electron chi connectivity index (χ4n) is 3.15. The Bertz CT molecular complexity index is 791. The van der Waals surface area contributed by atoms with Gasteiger partial charge in [-0.25, -0.2) is 8.42 Å². The van der Waals surface area contributed by atoms with Crippen molar-refractivity contribution in [1.82, 2.24) is 5.32 Å². The molecule has 0 saturated carbocycles. The molecule has 2 aliphatic rings. The first kappa shape index (κ1) is 16.8. The van der Waals surface area contributed by atoms with Crippen LogP contribution < -0.4 is 15.0 Å². The highest BCUT2D eigenvalue weighted by Crippen LogP contribution is 2.33. The van der Waals surface area contributed by atoms with Gasteiger partial charge in [0, 0.05) is 0 Å². The first-order chi connectivity index (χ1) is 11.2. The van der Waals surface area contributed by atoms with Crippen molar-refractivity contribution in [3.63, 3.8) is 0 Å². The van der Waals surface area contributed by atoms with Crippen LogP contribution in [0.25, 0.3) is 0 Å². The van der Waals surface area contributed by atoms with Crippen LogP contribution in [0.4, 0.5) is 5.69 Å². The molecule has 2 heterocycles. The highest BCUT2D eigenvalue weighted by molar-refractivity contribution is 7.91. The lowest BCUT2D eigenvalue weighted by molar-refractivity contribution is -0.128. The summed E-state index contributed by atoms with van der Waals surface area (Å²) in [5.74, 6) is -0.136. The van der Waals surface area contributed by atoms with Gasteiger partial charge in [0.15, 0.2) is 15.9 Å². The van der Waals surface area contributed by atoms with Crippen LogP contribution in [-0.2, 0) is 19.4 Å². The number of fused-ring (bicyclic) bond motifs is 1. The second kappa shape index (κ2) is 5.77. The highest BCUT2D eigenvalue weighted by atomic mass is 32.2. The number of anilines is 1. The molecule has 1 saturated heterocycles. The van der Waals surface area contributed by atoms with Gasteiger partial charge in [0.1, 0.15) is 12.3 Å². The van der Waals surface area contributed by atoms with Gasteiger partial charge in [-0.3, -0.25) is 14.5 Å². The molecule has 0 bridgehead atoms. The summed E-state index contributed by atoms with van der Waals surface area (Å²) in [5, 5.41) is 2.77. The lowest BCUT2D eigenvalue weighted by Crippen LogP contribution is -2.53. The largest absolute Gasteiger partial charge is 0.479 e. The second-order valence-corrected chi connectivity index (χ2v) is 8.79. The monoisotopic (exact) mass is 352 g/mol. The first-order valence-corrected chi connectivity index (χ1v) is 9.60. The Kier molecular flexibility index (Phi) is 4.03. The summed E-state index contributed by atoms with van der Waals surface area (Å²) in [4.78, 5) is 26.2. The summed E-state index contributed by atoms with van der Waals surface area (Å²) in [7, 11) is -3.12. The van der Waals surface area contributed by atoms with Crippen LogP contribution in [0.2, 0.25) is 0 Å². The zero-order valence-electron chi connectivity index (χ0n) is 13.6. The third-order valence-electron chi connectivity index (χ3n) is 4.32. The van der Waals surface area contributed by atoms with Crippen molar-refractivity contribution in [1.29, 1.82) is 0 Å². The van der Waals surface area contributed by atoms with E-state index < -0.39 is 21.5 Å². The van der Waals surface area contributed by atoms with Crippen molar-refractivity contribution in [2.45, 2.75) is 31.9 Å². The molecule has 2 amide bonds. The molecule has 0 aliphatic carbocycles. The molecule has 0 unspecified atom stereocenters. The average Bonchev–Trinajstić information content (AvgIpc) is 2.77. The van der Waals surface area contributed by atoms with Crippen molar-refractivity contribution < 1.29 is 22.7 Å². The minimum Gasteiger partial charge on any atom is -0.479 e. The number of hydrogen-bond acceptors (Lipinski definition) is 5. The minimum atomic E-state index is -3.12. The summed E-state index contributed by atoms with van der Waals surface area (Å²) < 4.78 is 28.8. The molecule has 24 heavy (non-hydrogen) atoms. The predicted molar refractivity (Wildman–Crippen MR) is 88.7 cm³/mol. The van der Waals surface area contributed by atoms with E-state index in [0.29, 0.717) is 17.9 Å². The van der Waals surface area contributed by atoms with Gasteiger partial charge in [-0.2, -0.15) is 0 Å². The van der Waals surface area contributed by atoms with E-state index in [9.17, 15) is 18.0 Å². The number of carbonyl (C=O) groups excluding carboxylic acids is 2. The lowest BCUT2D eigenvalue weighted by Gasteiger charge is -2.33. The summed E-state index contributed by atoms with van der Waals surface area (Å²) in [6, 6.07) is 7.02. The number of sulfone groups is 1. The second-order valence-electron chi connectivity index (χ2n) is 6.60. The molecule has 7 nitrogen and oxygen atoms in total. The normalized spacial score (nSPS) is 28.2. The van der Waals surface area contributed by atoms with Crippen LogP contribution in [-0.4, -0.2) is 49.9 Å². The molecule has 1 N–H and O–H groups in total. The fourth-order valence-corrected chi connectivity index (χ4v) is 5.24. The fraction of sp³-hybridized carbons (Fsp3) is 0.500. The standard InChI is InChI=1S/C16H20N2O5S/c1-11-15(20)18(12-5-3-4-6-13(12)23-11)9-14(19)17-16(2)7-8-24(21,22)10-16/h3-6,11H,7-10H2,1-2H3,(H,17,19)/t11-,16+/m0/s1. The SMILES string of the molecule is C[C@@H]1Oc2ccccc2N(CC(=O)N[C@]2(C)CCS(=O)(=O)C2)C1=O. The zero-order valence-corrected chi connectivity index (χ0v) is 14.4. The van der Waals surface area contributed by atoms with E-state index >= 15 is 0 Å². The Morgan fingerprint density at radius 1 is 1.42 bits per heavy atom. The Hall–Kier alpha value is -2.09. The Labute approximate surface area is 140 Å². The number of hydrogen-bond donors (Lipinski definition) is 1. The highest BCUT2D eigenvalue weighted by Gasteiger charge is 2.40. The maximum atomic E-state index is 12.4. The topological polar surface area (TPSA) is 92.8 Å². The van der Waals surface area contributed by atoms with E-state index in [1.807, 2.05) is 0 Å². The number of para-hydroxylation sites is 2. The first-order valence-electron chi connectivity index (χ1n) is 7.78. The van der Waals surface area contributed by atoms with E-state index in [1.165, 1.54) is 4.90 Å². The number of carbonyl (C=O) groups is 2. The van der Waals surface area contributed by atoms with Gasteiger partial charge in [0.25, 0.3) is 5.91 Å². The predicted octanol–water partition coefficient (Wildman–Crippen LogP) is 0.494.